The van der Waals surface area contributed by atoms with Crippen LogP contribution in [-0.4, -0.2) is 40.1 Å². The van der Waals surface area contributed by atoms with Gasteiger partial charge in [-0.2, -0.15) is 13.2 Å². The first-order valence-corrected chi connectivity index (χ1v) is 8.95. The van der Waals surface area contributed by atoms with Crippen LogP contribution in [0.2, 0.25) is 0 Å². The Balaban J connectivity index is 1.83. The van der Waals surface area contributed by atoms with E-state index in [9.17, 15) is 23.1 Å². The van der Waals surface area contributed by atoms with Crippen molar-refractivity contribution in [3.63, 3.8) is 0 Å². The predicted molar refractivity (Wildman–Crippen MR) is 95.1 cm³/mol. The van der Waals surface area contributed by atoms with E-state index in [4.69, 9.17) is 0 Å². The highest BCUT2D eigenvalue weighted by atomic mass is 19.4. The summed E-state index contributed by atoms with van der Waals surface area (Å²) in [6, 6.07) is 9.08. The molecule has 2 heterocycles. The van der Waals surface area contributed by atoms with Gasteiger partial charge < -0.3 is 10.0 Å². The molecule has 2 aromatic rings. The van der Waals surface area contributed by atoms with E-state index >= 15 is 0 Å². The molecule has 1 unspecified atom stereocenters. The minimum Gasteiger partial charge on any atom is -0.396 e. The quantitative estimate of drug-likeness (QED) is 0.870. The van der Waals surface area contributed by atoms with E-state index in [1.54, 1.807) is 29.2 Å². The van der Waals surface area contributed by atoms with Crippen molar-refractivity contribution in [2.24, 2.45) is 0 Å². The number of alkyl halides is 3. The average molecular weight is 378 g/mol. The molecule has 144 valence electrons. The van der Waals surface area contributed by atoms with Crippen LogP contribution in [0.1, 0.15) is 41.6 Å². The molecule has 1 aromatic heterocycles. The lowest BCUT2D eigenvalue weighted by Crippen LogP contribution is -2.44. The summed E-state index contributed by atoms with van der Waals surface area (Å²) >= 11 is 0. The van der Waals surface area contributed by atoms with Gasteiger partial charge in [-0.1, -0.05) is 12.1 Å². The molecule has 0 radical (unpaired) electrons. The van der Waals surface area contributed by atoms with Crippen LogP contribution in [0, 0.1) is 0 Å². The predicted octanol–water partition coefficient (Wildman–Crippen LogP) is 4.14. The first-order chi connectivity index (χ1) is 12.9. The molecular weight excluding hydrogens is 357 g/mol. The molecule has 0 bridgehead atoms. The standard InChI is InChI=1S/C20H21F3N2O2/c21-20(22,23)16-7-8-18(24-13-16)14-4-3-5-15(12-14)19(27)25-10-2-1-6-17(25)9-11-26/h3-5,7-8,12-13,17,26H,1-2,6,9-11H2. The van der Waals surface area contributed by atoms with Crippen LogP contribution in [0.25, 0.3) is 11.3 Å². The van der Waals surface area contributed by atoms with Gasteiger partial charge in [0.2, 0.25) is 0 Å². The number of aliphatic hydroxyl groups is 1. The van der Waals surface area contributed by atoms with Crippen LogP contribution in [0.5, 0.6) is 0 Å². The molecule has 4 nitrogen and oxygen atoms in total. The number of amides is 1. The summed E-state index contributed by atoms with van der Waals surface area (Å²) in [5, 5.41) is 9.23. The number of carbonyl (C=O) groups is 1. The zero-order valence-corrected chi connectivity index (χ0v) is 14.7. The smallest absolute Gasteiger partial charge is 0.396 e. The maximum absolute atomic E-state index is 12.9. The van der Waals surface area contributed by atoms with Crippen LogP contribution in [0.3, 0.4) is 0 Å². The second-order valence-corrected chi connectivity index (χ2v) is 6.67. The van der Waals surface area contributed by atoms with Crippen molar-refractivity contribution in [3.8, 4) is 11.3 Å². The number of aliphatic hydroxyl groups excluding tert-OH is 1. The summed E-state index contributed by atoms with van der Waals surface area (Å²) in [6.45, 7) is 0.677. The molecule has 1 saturated heterocycles. The molecule has 3 rings (SSSR count). The molecule has 27 heavy (non-hydrogen) atoms. The van der Waals surface area contributed by atoms with E-state index in [-0.39, 0.29) is 18.6 Å². The first-order valence-electron chi connectivity index (χ1n) is 8.95. The van der Waals surface area contributed by atoms with E-state index in [1.165, 1.54) is 6.07 Å². The number of rotatable bonds is 4. The molecule has 1 atom stereocenters. The highest BCUT2D eigenvalue weighted by Crippen LogP contribution is 2.30. The van der Waals surface area contributed by atoms with Crippen LogP contribution in [-0.2, 0) is 6.18 Å². The summed E-state index contributed by atoms with van der Waals surface area (Å²) in [6.07, 6.45) is -0.263. The van der Waals surface area contributed by atoms with Gasteiger partial charge in [0.15, 0.2) is 0 Å². The number of halogens is 3. The average Bonchev–Trinajstić information content (AvgIpc) is 2.68. The topological polar surface area (TPSA) is 53.4 Å². The zero-order valence-electron chi connectivity index (χ0n) is 14.7. The van der Waals surface area contributed by atoms with Crippen molar-refractivity contribution in [1.82, 2.24) is 9.88 Å². The molecule has 1 aliphatic rings. The maximum atomic E-state index is 12.9. The number of hydrogen-bond acceptors (Lipinski definition) is 3. The third-order valence-electron chi connectivity index (χ3n) is 4.85. The Morgan fingerprint density at radius 3 is 2.70 bits per heavy atom. The Kier molecular flexibility index (Phi) is 5.79. The molecule has 1 aromatic carbocycles. The van der Waals surface area contributed by atoms with Crippen molar-refractivity contribution < 1.29 is 23.1 Å². The lowest BCUT2D eigenvalue weighted by atomic mass is 9.98. The van der Waals surface area contributed by atoms with E-state index in [0.717, 1.165) is 31.5 Å². The Bertz CT molecular complexity index is 789. The van der Waals surface area contributed by atoms with Crippen molar-refractivity contribution in [2.75, 3.05) is 13.2 Å². The van der Waals surface area contributed by atoms with Gasteiger partial charge in [0.1, 0.15) is 0 Å². The summed E-state index contributed by atoms with van der Waals surface area (Å²) in [5.74, 6) is -0.123. The molecule has 0 aliphatic carbocycles. The number of carbonyl (C=O) groups excluding carboxylic acids is 1. The highest BCUT2D eigenvalue weighted by Gasteiger charge is 2.31. The second kappa shape index (κ2) is 8.08. The van der Waals surface area contributed by atoms with E-state index in [1.807, 2.05) is 0 Å². The molecule has 0 spiro atoms. The summed E-state index contributed by atoms with van der Waals surface area (Å²) in [5.41, 5.74) is 0.631. The first kappa shape index (κ1) is 19.4. The van der Waals surface area contributed by atoms with Gasteiger partial charge in [-0.05, 0) is 49.9 Å². The van der Waals surface area contributed by atoms with Crippen molar-refractivity contribution in [3.05, 3.63) is 53.7 Å². The van der Waals surface area contributed by atoms with Crippen LogP contribution < -0.4 is 0 Å². The molecule has 7 heteroatoms. The fourth-order valence-electron chi connectivity index (χ4n) is 3.43. The second-order valence-electron chi connectivity index (χ2n) is 6.67. The lowest BCUT2D eigenvalue weighted by Gasteiger charge is -2.35. The SMILES string of the molecule is O=C(c1cccc(-c2ccc(C(F)(F)F)cn2)c1)N1CCCCC1CCO. The Morgan fingerprint density at radius 2 is 2.04 bits per heavy atom. The molecule has 1 fully saturated rings. The molecule has 1 N–H and O–H groups in total. The van der Waals surface area contributed by atoms with Crippen LogP contribution in [0.15, 0.2) is 42.6 Å². The Morgan fingerprint density at radius 1 is 1.22 bits per heavy atom. The van der Waals surface area contributed by atoms with Gasteiger partial charge in [-0.3, -0.25) is 9.78 Å². The minimum absolute atomic E-state index is 0.0177. The fraction of sp³-hybridized carbons (Fsp3) is 0.400. The number of benzene rings is 1. The van der Waals surface area contributed by atoms with Crippen molar-refractivity contribution >= 4 is 5.91 Å². The number of piperidine rings is 1. The van der Waals surface area contributed by atoms with Crippen LogP contribution in [0.4, 0.5) is 13.2 Å². The molecular formula is C20H21F3N2O2. The number of nitrogens with zero attached hydrogens (tertiary/aromatic N) is 2. The number of pyridine rings is 1. The Labute approximate surface area is 155 Å². The van der Waals surface area contributed by atoms with Gasteiger partial charge in [0.05, 0.1) is 11.3 Å². The highest BCUT2D eigenvalue weighted by molar-refractivity contribution is 5.95. The van der Waals surface area contributed by atoms with Crippen molar-refractivity contribution in [2.45, 2.75) is 37.9 Å². The normalized spacial score (nSPS) is 17.8. The van der Waals surface area contributed by atoms with E-state index in [2.05, 4.69) is 4.98 Å². The summed E-state index contributed by atoms with van der Waals surface area (Å²) in [7, 11) is 0. The van der Waals surface area contributed by atoms with Gasteiger partial charge in [0, 0.05) is 36.5 Å². The third kappa shape index (κ3) is 4.47. The largest absolute Gasteiger partial charge is 0.417 e. The van der Waals surface area contributed by atoms with Gasteiger partial charge in [0.25, 0.3) is 5.91 Å². The third-order valence-corrected chi connectivity index (χ3v) is 4.85. The van der Waals surface area contributed by atoms with Crippen LogP contribution >= 0.6 is 0 Å². The Hall–Kier alpha value is -2.41. The minimum atomic E-state index is -4.43. The maximum Gasteiger partial charge on any atom is 0.417 e. The fourth-order valence-corrected chi connectivity index (χ4v) is 3.43. The summed E-state index contributed by atoms with van der Waals surface area (Å²) in [4.78, 5) is 18.6. The van der Waals surface area contributed by atoms with Gasteiger partial charge in [-0.15, -0.1) is 0 Å². The number of hydrogen-bond donors (Lipinski definition) is 1. The van der Waals surface area contributed by atoms with E-state index < -0.39 is 11.7 Å². The monoisotopic (exact) mass is 378 g/mol. The molecule has 1 aliphatic heterocycles. The van der Waals surface area contributed by atoms with E-state index in [0.29, 0.717) is 29.8 Å². The van der Waals surface area contributed by atoms with Gasteiger partial charge in [-0.25, -0.2) is 0 Å². The summed E-state index contributed by atoms with van der Waals surface area (Å²) < 4.78 is 38.1. The number of aromatic nitrogens is 1. The van der Waals surface area contributed by atoms with Gasteiger partial charge >= 0.3 is 6.18 Å². The van der Waals surface area contributed by atoms with Crippen molar-refractivity contribution in [1.29, 1.82) is 0 Å². The number of likely N-dealkylation sites (tertiary alicyclic amines) is 1. The lowest BCUT2D eigenvalue weighted by molar-refractivity contribution is -0.137. The molecule has 1 amide bonds. The zero-order chi connectivity index (χ0) is 19.4. The molecule has 0 saturated carbocycles.